The van der Waals surface area contributed by atoms with Crippen molar-refractivity contribution in [1.29, 1.82) is 0 Å². The van der Waals surface area contributed by atoms with Crippen LogP contribution in [0.1, 0.15) is 39.9 Å². The van der Waals surface area contributed by atoms with Gasteiger partial charge in [-0.3, -0.25) is 14.9 Å². The zero-order valence-corrected chi connectivity index (χ0v) is 17.2. The summed E-state index contributed by atoms with van der Waals surface area (Å²) in [4.78, 5) is 16.9. The van der Waals surface area contributed by atoms with Crippen LogP contribution in [0.2, 0.25) is 5.02 Å². The summed E-state index contributed by atoms with van der Waals surface area (Å²) in [5.41, 5.74) is 3.41. The van der Waals surface area contributed by atoms with Gasteiger partial charge in [0.25, 0.3) is 5.91 Å². The first-order valence-electron chi connectivity index (χ1n) is 9.18. The minimum Gasteiger partial charge on any atom is -0.347 e. The number of aromatic amines is 1. The maximum Gasteiger partial charge on any atom is 0.269 e. The van der Waals surface area contributed by atoms with Crippen LogP contribution in [-0.2, 0) is 13.0 Å². The normalized spacial score (nSPS) is 10.7. The van der Waals surface area contributed by atoms with Crippen LogP contribution in [-0.4, -0.2) is 21.1 Å². The molecule has 0 fully saturated rings. The quantitative estimate of drug-likeness (QED) is 0.477. The zero-order valence-electron chi connectivity index (χ0n) is 16.4. The molecule has 1 aromatic carbocycles. The molecule has 0 aliphatic carbocycles. The van der Waals surface area contributed by atoms with Crippen LogP contribution in [0.25, 0.3) is 5.70 Å². The molecule has 3 N–H and O–H groups in total. The van der Waals surface area contributed by atoms with Gasteiger partial charge in [-0.1, -0.05) is 31.2 Å². The van der Waals surface area contributed by atoms with Gasteiger partial charge in [0.05, 0.1) is 5.02 Å². The highest BCUT2D eigenvalue weighted by molar-refractivity contribution is 6.32. The van der Waals surface area contributed by atoms with Gasteiger partial charge in [-0.15, -0.1) is 0 Å². The summed E-state index contributed by atoms with van der Waals surface area (Å²) in [5.74, 6) is -2.17. The van der Waals surface area contributed by atoms with Gasteiger partial charge < -0.3 is 10.6 Å². The van der Waals surface area contributed by atoms with Crippen molar-refractivity contribution in [3.63, 3.8) is 0 Å². The standard InChI is InChI=1S/C21H20ClF2N5O/c1-4-18-13(6-5-11(2)26-18)10-25-21(30)19-9-20(29-28-19)27-12(3)14-7-16(23)17(24)8-15(14)22/h5-9H,3-4,10H2,1-2H3,(H,25,30)(H2,27,28,29). The van der Waals surface area contributed by atoms with Crippen LogP contribution in [0.15, 0.2) is 36.9 Å². The highest BCUT2D eigenvalue weighted by Gasteiger charge is 2.14. The average Bonchev–Trinajstić information content (AvgIpc) is 3.17. The van der Waals surface area contributed by atoms with Gasteiger partial charge in [-0.05, 0) is 37.1 Å². The lowest BCUT2D eigenvalue weighted by molar-refractivity contribution is 0.0946. The number of pyridine rings is 1. The van der Waals surface area contributed by atoms with Crippen molar-refractivity contribution in [1.82, 2.24) is 20.5 Å². The lowest BCUT2D eigenvalue weighted by Gasteiger charge is -2.09. The summed E-state index contributed by atoms with van der Waals surface area (Å²) in [7, 11) is 0. The first kappa shape index (κ1) is 21.4. The minimum absolute atomic E-state index is 0.00154. The molecule has 30 heavy (non-hydrogen) atoms. The molecule has 0 atom stereocenters. The summed E-state index contributed by atoms with van der Waals surface area (Å²) in [6.07, 6.45) is 0.764. The summed E-state index contributed by atoms with van der Waals surface area (Å²) < 4.78 is 26.7. The maximum atomic E-state index is 13.5. The van der Waals surface area contributed by atoms with Crippen LogP contribution in [0, 0.1) is 18.6 Å². The molecule has 3 rings (SSSR count). The van der Waals surface area contributed by atoms with Crippen molar-refractivity contribution < 1.29 is 13.6 Å². The third kappa shape index (κ3) is 4.83. The molecule has 0 aliphatic rings. The highest BCUT2D eigenvalue weighted by atomic mass is 35.5. The fraction of sp³-hybridized carbons (Fsp3) is 0.190. The fourth-order valence-electron chi connectivity index (χ4n) is 2.85. The number of aromatic nitrogens is 3. The Balaban J connectivity index is 1.65. The number of carbonyl (C=O) groups excluding carboxylic acids is 1. The Hall–Kier alpha value is -3.26. The molecule has 156 valence electrons. The van der Waals surface area contributed by atoms with Gasteiger partial charge in [0.1, 0.15) is 5.69 Å². The summed E-state index contributed by atoms with van der Waals surface area (Å²) >= 11 is 5.95. The first-order valence-corrected chi connectivity index (χ1v) is 9.56. The molecule has 2 heterocycles. The van der Waals surface area contributed by atoms with Crippen molar-refractivity contribution in [3.05, 3.63) is 81.8 Å². The second kappa shape index (κ2) is 9.04. The zero-order chi connectivity index (χ0) is 21.8. The van der Waals surface area contributed by atoms with Crippen LogP contribution in [0.4, 0.5) is 14.6 Å². The molecule has 1 amide bonds. The fourth-order valence-corrected chi connectivity index (χ4v) is 3.12. The number of H-pyrrole nitrogens is 1. The predicted octanol–water partition coefficient (Wildman–Crippen LogP) is 4.62. The van der Waals surface area contributed by atoms with Gasteiger partial charge in [0, 0.05) is 35.3 Å². The number of carbonyl (C=O) groups is 1. The van der Waals surface area contributed by atoms with E-state index in [4.69, 9.17) is 11.6 Å². The first-order chi connectivity index (χ1) is 14.3. The number of aryl methyl sites for hydroxylation is 2. The number of benzene rings is 1. The van der Waals surface area contributed by atoms with Crippen molar-refractivity contribution in [3.8, 4) is 0 Å². The van der Waals surface area contributed by atoms with Crippen molar-refractivity contribution in [2.45, 2.75) is 26.8 Å². The Morgan fingerprint density at radius 1 is 1.23 bits per heavy atom. The number of halogens is 3. The molecule has 0 bridgehead atoms. The molecule has 6 nitrogen and oxygen atoms in total. The monoisotopic (exact) mass is 431 g/mol. The molecule has 0 saturated heterocycles. The second-order valence-electron chi connectivity index (χ2n) is 6.61. The predicted molar refractivity (Wildman–Crippen MR) is 112 cm³/mol. The van der Waals surface area contributed by atoms with E-state index in [1.807, 2.05) is 26.0 Å². The molecule has 0 spiro atoms. The Labute approximate surface area is 177 Å². The number of nitrogens with one attached hydrogen (secondary N) is 3. The molecule has 0 unspecified atom stereocenters. The van der Waals surface area contributed by atoms with Gasteiger partial charge in [0.15, 0.2) is 17.5 Å². The minimum atomic E-state index is -1.05. The Bertz CT molecular complexity index is 1110. The molecule has 0 aliphatic heterocycles. The van der Waals surface area contributed by atoms with Crippen LogP contribution in [0.5, 0.6) is 0 Å². The van der Waals surface area contributed by atoms with E-state index in [0.717, 1.165) is 35.5 Å². The van der Waals surface area contributed by atoms with E-state index in [1.54, 1.807) is 0 Å². The van der Waals surface area contributed by atoms with E-state index >= 15 is 0 Å². The van der Waals surface area contributed by atoms with Gasteiger partial charge in [-0.25, -0.2) is 8.78 Å². The molecular weight excluding hydrogens is 412 g/mol. The van der Waals surface area contributed by atoms with Crippen molar-refractivity contribution in [2.75, 3.05) is 5.32 Å². The molecule has 0 saturated carbocycles. The van der Waals surface area contributed by atoms with E-state index in [0.29, 0.717) is 6.54 Å². The second-order valence-corrected chi connectivity index (χ2v) is 7.02. The number of amides is 1. The third-order valence-corrected chi connectivity index (χ3v) is 4.73. The van der Waals surface area contributed by atoms with Gasteiger partial charge in [-0.2, -0.15) is 5.10 Å². The lowest BCUT2D eigenvalue weighted by Crippen LogP contribution is -2.24. The molecule has 2 aromatic heterocycles. The maximum absolute atomic E-state index is 13.5. The van der Waals surface area contributed by atoms with Crippen LogP contribution < -0.4 is 10.6 Å². The summed E-state index contributed by atoms with van der Waals surface area (Å²) in [5, 5.41) is 12.2. The number of anilines is 1. The smallest absolute Gasteiger partial charge is 0.269 e. The van der Waals surface area contributed by atoms with Crippen LogP contribution in [0.3, 0.4) is 0 Å². The van der Waals surface area contributed by atoms with E-state index < -0.39 is 11.6 Å². The summed E-state index contributed by atoms with van der Waals surface area (Å²) in [6.45, 7) is 8.01. The van der Waals surface area contributed by atoms with E-state index in [2.05, 4.69) is 32.4 Å². The van der Waals surface area contributed by atoms with Gasteiger partial charge >= 0.3 is 0 Å². The van der Waals surface area contributed by atoms with Crippen LogP contribution >= 0.6 is 11.6 Å². The van der Waals surface area contributed by atoms with E-state index in [9.17, 15) is 13.6 Å². The van der Waals surface area contributed by atoms with Crippen molar-refractivity contribution in [2.24, 2.45) is 0 Å². The largest absolute Gasteiger partial charge is 0.347 e. The molecular formula is C21H20ClF2N5O. The Morgan fingerprint density at radius 2 is 1.97 bits per heavy atom. The number of hydrogen-bond acceptors (Lipinski definition) is 4. The summed E-state index contributed by atoms with van der Waals surface area (Å²) in [6, 6.07) is 7.12. The SMILES string of the molecule is C=C(Nc1cc(C(=O)NCc2ccc(C)nc2CC)[nH]n1)c1cc(F)c(F)cc1Cl. The van der Waals surface area contributed by atoms with Gasteiger partial charge in [0.2, 0.25) is 0 Å². The Morgan fingerprint density at radius 3 is 2.70 bits per heavy atom. The van der Waals surface area contributed by atoms with E-state index in [-0.39, 0.29) is 33.7 Å². The number of nitrogens with zero attached hydrogens (tertiary/aromatic N) is 2. The molecule has 0 radical (unpaired) electrons. The highest BCUT2D eigenvalue weighted by Crippen LogP contribution is 2.26. The molecule has 3 aromatic rings. The number of rotatable bonds is 7. The molecule has 9 heteroatoms. The lowest BCUT2D eigenvalue weighted by atomic mass is 10.1. The average molecular weight is 432 g/mol. The van der Waals surface area contributed by atoms with Crippen molar-refractivity contribution >= 4 is 29.0 Å². The van der Waals surface area contributed by atoms with E-state index in [1.165, 1.54) is 6.07 Å². The Kier molecular flexibility index (Phi) is 6.47. The third-order valence-electron chi connectivity index (χ3n) is 4.42. The number of hydrogen-bond donors (Lipinski definition) is 3. The topological polar surface area (TPSA) is 82.7 Å².